The average molecular weight is 433 g/mol. The fourth-order valence-electron chi connectivity index (χ4n) is 3.93. The maximum absolute atomic E-state index is 5.63. The molecule has 8 heteroatoms. The van der Waals surface area contributed by atoms with E-state index in [0.29, 0.717) is 33.9 Å². The highest BCUT2D eigenvalue weighted by Gasteiger charge is 2.33. The monoisotopic (exact) mass is 432 g/mol. The summed E-state index contributed by atoms with van der Waals surface area (Å²) in [4.78, 5) is 2.16. The zero-order valence-electron chi connectivity index (χ0n) is 18.2. The van der Waals surface area contributed by atoms with Crippen LogP contribution < -0.4 is 29.0 Å². The molecule has 7 nitrogen and oxygen atoms in total. The lowest BCUT2D eigenvalue weighted by Crippen LogP contribution is -2.44. The molecular weight excluding hydrogens is 404 g/mol. The molecule has 0 bridgehead atoms. The van der Waals surface area contributed by atoms with Crippen molar-refractivity contribution in [3.8, 4) is 28.7 Å². The molecule has 3 rings (SSSR count). The predicted molar refractivity (Wildman–Crippen MR) is 120 cm³/mol. The highest BCUT2D eigenvalue weighted by atomic mass is 32.1. The van der Waals surface area contributed by atoms with Crippen LogP contribution in [-0.4, -0.2) is 59.2 Å². The van der Waals surface area contributed by atoms with Gasteiger partial charge in [-0.2, -0.15) is 0 Å². The minimum atomic E-state index is -0.165. The molecule has 2 aromatic rings. The fraction of sp³-hybridized carbons (Fsp3) is 0.409. The van der Waals surface area contributed by atoms with Gasteiger partial charge in [0.1, 0.15) is 0 Å². The molecule has 30 heavy (non-hydrogen) atoms. The van der Waals surface area contributed by atoms with Crippen molar-refractivity contribution in [2.24, 2.45) is 0 Å². The van der Waals surface area contributed by atoms with E-state index in [2.05, 4.69) is 10.2 Å². The third kappa shape index (κ3) is 3.79. The van der Waals surface area contributed by atoms with Crippen LogP contribution in [0.25, 0.3) is 0 Å². The van der Waals surface area contributed by atoms with Gasteiger partial charge in [0.05, 0.1) is 41.6 Å². The van der Waals surface area contributed by atoms with Gasteiger partial charge in [0, 0.05) is 13.6 Å². The Hall–Kier alpha value is -2.87. The number of ether oxygens (including phenoxy) is 5. The van der Waals surface area contributed by atoms with Crippen molar-refractivity contribution in [3.05, 3.63) is 41.0 Å². The summed E-state index contributed by atoms with van der Waals surface area (Å²) >= 11 is 5.63. The number of benzene rings is 2. The molecular formula is C22H28N2O5S. The topological polar surface area (TPSA) is 61.4 Å². The Labute approximate surface area is 182 Å². The summed E-state index contributed by atoms with van der Waals surface area (Å²) in [5.74, 6) is 3.12. The lowest BCUT2D eigenvalue weighted by molar-refractivity contribution is 0.312. The van der Waals surface area contributed by atoms with Gasteiger partial charge in [-0.3, -0.25) is 0 Å². The fourth-order valence-corrected chi connectivity index (χ4v) is 4.12. The number of hydrogen-bond acceptors (Lipinski definition) is 6. The summed E-state index contributed by atoms with van der Waals surface area (Å²) in [6, 6.07) is 7.82. The molecule has 1 N–H and O–H groups in total. The second kappa shape index (κ2) is 9.30. The molecule has 1 aliphatic heterocycles. The van der Waals surface area contributed by atoms with Crippen LogP contribution in [-0.2, 0) is 6.42 Å². The van der Waals surface area contributed by atoms with Crippen LogP contribution in [0.3, 0.4) is 0 Å². The van der Waals surface area contributed by atoms with Crippen LogP contribution in [0, 0.1) is 0 Å². The Bertz CT molecular complexity index is 909. The first kappa shape index (κ1) is 21.8. The number of hydrogen-bond donors (Lipinski definition) is 1. The van der Waals surface area contributed by atoms with Crippen LogP contribution in [0.4, 0.5) is 0 Å². The number of thiocarbonyl (C=S) groups is 1. The Kier molecular flexibility index (Phi) is 6.77. The molecule has 0 aromatic heterocycles. The summed E-state index contributed by atoms with van der Waals surface area (Å²) in [6.07, 6.45) is 0.832. The summed E-state index contributed by atoms with van der Waals surface area (Å²) < 4.78 is 27.7. The first-order valence-electron chi connectivity index (χ1n) is 9.55. The number of rotatable bonds is 6. The number of nitrogens with one attached hydrogen (secondary N) is 1. The van der Waals surface area contributed by atoms with Crippen molar-refractivity contribution in [2.75, 3.05) is 49.1 Å². The van der Waals surface area contributed by atoms with E-state index in [-0.39, 0.29) is 6.04 Å². The molecule has 0 spiro atoms. The smallest absolute Gasteiger partial charge is 0.203 e. The standard InChI is InChI=1S/C22H28N2O5S/c1-23-22(30)24-8-7-13-9-16(25-2)17(26-3)12-15(13)20(24)14-10-18(27-4)21(29-6)19(11-14)28-5/h9-12,20H,7-8H2,1-6H3,(H,23,30). The minimum absolute atomic E-state index is 0.165. The summed E-state index contributed by atoms with van der Waals surface area (Å²) in [6.45, 7) is 0.753. The second-order valence-corrected chi connectivity index (χ2v) is 7.15. The quantitative estimate of drug-likeness (QED) is 0.699. The van der Waals surface area contributed by atoms with Crippen molar-refractivity contribution >= 4 is 17.3 Å². The van der Waals surface area contributed by atoms with Crippen molar-refractivity contribution in [1.29, 1.82) is 0 Å². The van der Waals surface area contributed by atoms with Gasteiger partial charge in [-0.1, -0.05) is 0 Å². The summed E-state index contributed by atoms with van der Waals surface area (Å²) in [7, 11) is 9.93. The van der Waals surface area contributed by atoms with E-state index in [4.69, 9.17) is 35.9 Å². The van der Waals surface area contributed by atoms with Gasteiger partial charge in [-0.15, -0.1) is 0 Å². The molecule has 0 amide bonds. The Morgan fingerprint density at radius 1 is 0.867 bits per heavy atom. The van der Waals surface area contributed by atoms with E-state index >= 15 is 0 Å². The Balaban J connectivity index is 2.25. The Morgan fingerprint density at radius 2 is 1.43 bits per heavy atom. The number of fused-ring (bicyclic) bond motifs is 1. The van der Waals surface area contributed by atoms with Gasteiger partial charge in [0.2, 0.25) is 5.75 Å². The van der Waals surface area contributed by atoms with Crippen LogP contribution >= 0.6 is 12.2 Å². The van der Waals surface area contributed by atoms with Gasteiger partial charge >= 0.3 is 0 Å². The van der Waals surface area contributed by atoms with E-state index in [1.165, 1.54) is 5.56 Å². The molecule has 1 unspecified atom stereocenters. The molecule has 1 atom stereocenters. The SMILES string of the molecule is CNC(=S)N1CCc2cc(OC)c(OC)cc2C1c1cc(OC)c(OC)c(OC)c1. The zero-order chi connectivity index (χ0) is 21.8. The lowest BCUT2D eigenvalue weighted by Gasteiger charge is -2.39. The van der Waals surface area contributed by atoms with E-state index < -0.39 is 0 Å². The first-order valence-corrected chi connectivity index (χ1v) is 9.96. The molecule has 162 valence electrons. The van der Waals surface area contributed by atoms with Gasteiger partial charge < -0.3 is 33.9 Å². The zero-order valence-corrected chi connectivity index (χ0v) is 19.0. The molecule has 0 radical (unpaired) electrons. The third-order valence-electron chi connectivity index (χ3n) is 5.35. The van der Waals surface area contributed by atoms with Crippen LogP contribution in [0.5, 0.6) is 28.7 Å². The molecule has 0 fully saturated rings. The lowest BCUT2D eigenvalue weighted by atomic mass is 9.87. The molecule has 0 saturated carbocycles. The van der Waals surface area contributed by atoms with E-state index in [0.717, 1.165) is 24.1 Å². The highest BCUT2D eigenvalue weighted by molar-refractivity contribution is 7.80. The largest absolute Gasteiger partial charge is 0.493 e. The first-order chi connectivity index (χ1) is 14.5. The summed E-state index contributed by atoms with van der Waals surface area (Å²) in [5, 5.41) is 3.77. The summed E-state index contributed by atoms with van der Waals surface area (Å²) in [5.41, 5.74) is 3.24. The normalized spacial score (nSPS) is 15.1. The van der Waals surface area contributed by atoms with Crippen LogP contribution in [0.1, 0.15) is 22.7 Å². The average Bonchev–Trinajstić information content (AvgIpc) is 2.80. The van der Waals surface area contributed by atoms with Crippen LogP contribution in [0.2, 0.25) is 0 Å². The second-order valence-electron chi connectivity index (χ2n) is 6.77. The van der Waals surface area contributed by atoms with E-state index in [1.54, 1.807) is 35.5 Å². The van der Waals surface area contributed by atoms with E-state index in [9.17, 15) is 0 Å². The van der Waals surface area contributed by atoms with Crippen molar-refractivity contribution in [2.45, 2.75) is 12.5 Å². The highest BCUT2D eigenvalue weighted by Crippen LogP contribution is 2.45. The van der Waals surface area contributed by atoms with Gasteiger partial charge in [0.15, 0.2) is 28.1 Å². The van der Waals surface area contributed by atoms with Crippen molar-refractivity contribution in [1.82, 2.24) is 10.2 Å². The van der Waals surface area contributed by atoms with E-state index in [1.807, 2.05) is 31.3 Å². The molecule has 1 aliphatic rings. The van der Waals surface area contributed by atoms with Gasteiger partial charge in [-0.25, -0.2) is 0 Å². The Morgan fingerprint density at radius 3 is 1.93 bits per heavy atom. The molecule has 0 aliphatic carbocycles. The van der Waals surface area contributed by atoms with Crippen molar-refractivity contribution in [3.63, 3.8) is 0 Å². The number of methoxy groups -OCH3 is 5. The predicted octanol–water partition coefficient (Wildman–Crippen LogP) is 3.18. The maximum atomic E-state index is 5.63. The molecule has 1 heterocycles. The third-order valence-corrected chi connectivity index (χ3v) is 5.79. The molecule has 0 saturated heterocycles. The minimum Gasteiger partial charge on any atom is -0.493 e. The maximum Gasteiger partial charge on any atom is 0.203 e. The molecule has 2 aromatic carbocycles. The van der Waals surface area contributed by atoms with Gasteiger partial charge in [0.25, 0.3) is 0 Å². The van der Waals surface area contributed by atoms with Crippen LogP contribution in [0.15, 0.2) is 24.3 Å². The van der Waals surface area contributed by atoms with Gasteiger partial charge in [-0.05, 0) is 59.6 Å². The number of nitrogens with zero attached hydrogens (tertiary/aromatic N) is 1. The van der Waals surface area contributed by atoms with Crippen molar-refractivity contribution < 1.29 is 23.7 Å².